The third-order valence-corrected chi connectivity index (χ3v) is 5.31. The molecule has 0 unspecified atom stereocenters. The Morgan fingerprint density at radius 3 is 2.30 bits per heavy atom. The monoisotopic (exact) mass is 407 g/mol. The second kappa shape index (κ2) is 8.55. The average molecular weight is 407 g/mol. The minimum Gasteiger partial charge on any atom is -0.508 e. The number of carbonyl (C=O) groups is 1. The fraction of sp³-hybridized carbons (Fsp3) is 0.208. The Morgan fingerprint density at radius 2 is 1.63 bits per heavy atom. The maximum Gasteiger partial charge on any atom is 0.415 e. The van der Waals surface area contributed by atoms with Gasteiger partial charge in [0, 0.05) is 5.69 Å². The lowest BCUT2D eigenvalue weighted by atomic mass is 9.93. The number of aromatic hydroxyl groups is 1. The van der Waals surface area contributed by atoms with Gasteiger partial charge in [-0.15, -0.1) is 0 Å². The zero-order chi connectivity index (χ0) is 21.1. The summed E-state index contributed by atoms with van der Waals surface area (Å²) in [5.74, 6) is -0.314. The third-order valence-electron chi connectivity index (χ3n) is 5.31. The van der Waals surface area contributed by atoms with Crippen LogP contribution in [0.15, 0.2) is 78.9 Å². The molecular formula is C24H22FNO4. The molecule has 3 aromatic rings. The number of phenols is 1. The van der Waals surface area contributed by atoms with Crippen LogP contribution in [-0.2, 0) is 11.2 Å². The van der Waals surface area contributed by atoms with Gasteiger partial charge in [-0.1, -0.05) is 42.5 Å². The molecule has 1 aliphatic rings. The van der Waals surface area contributed by atoms with Gasteiger partial charge in [-0.05, 0) is 60.4 Å². The first-order valence-electron chi connectivity index (χ1n) is 9.79. The molecule has 1 heterocycles. The van der Waals surface area contributed by atoms with Crippen molar-refractivity contribution in [3.63, 3.8) is 0 Å². The molecule has 1 fully saturated rings. The van der Waals surface area contributed by atoms with Crippen LogP contribution in [0.25, 0.3) is 0 Å². The van der Waals surface area contributed by atoms with Crippen LogP contribution in [0.4, 0.5) is 14.9 Å². The van der Waals surface area contributed by atoms with E-state index >= 15 is 0 Å². The minimum absolute atomic E-state index is 0.0958. The first kappa shape index (κ1) is 19.9. The fourth-order valence-electron chi connectivity index (χ4n) is 3.79. The molecule has 0 aromatic heterocycles. The summed E-state index contributed by atoms with van der Waals surface area (Å²) >= 11 is 0. The number of hydrogen-bond donors (Lipinski definition) is 2. The van der Waals surface area contributed by atoms with Crippen molar-refractivity contribution < 1.29 is 24.1 Å². The summed E-state index contributed by atoms with van der Waals surface area (Å²) in [7, 11) is 0. The summed E-state index contributed by atoms with van der Waals surface area (Å²) in [6.07, 6.45) is -1.28. The van der Waals surface area contributed by atoms with Crippen molar-refractivity contribution in [2.45, 2.75) is 31.1 Å². The summed E-state index contributed by atoms with van der Waals surface area (Å²) in [6.45, 7) is 0. The number of halogens is 1. The zero-order valence-electron chi connectivity index (χ0n) is 16.2. The molecule has 3 aromatic carbocycles. The topological polar surface area (TPSA) is 70.0 Å². The van der Waals surface area contributed by atoms with Gasteiger partial charge in [-0.2, -0.15) is 0 Å². The number of anilines is 1. The summed E-state index contributed by atoms with van der Waals surface area (Å²) in [5.41, 5.74) is 2.25. The highest BCUT2D eigenvalue weighted by Crippen LogP contribution is 2.40. The minimum atomic E-state index is -0.904. The van der Waals surface area contributed by atoms with E-state index in [9.17, 15) is 19.4 Å². The standard InChI is InChI=1S/C24H22FNO4/c25-18-9-11-19(12-10-18)26-22(17-7-13-20(27)14-8-17)23(30-24(26)29)21(28)15-6-16-4-2-1-3-5-16/h1-5,7-14,21-23,27-28H,6,15H2/t21-,22+,23+/m0/s1. The molecule has 3 atom stereocenters. The van der Waals surface area contributed by atoms with Gasteiger partial charge in [0.05, 0.1) is 6.10 Å². The van der Waals surface area contributed by atoms with Gasteiger partial charge >= 0.3 is 6.09 Å². The Bertz CT molecular complexity index is 992. The molecule has 1 saturated heterocycles. The van der Waals surface area contributed by atoms with E-state index in [1.54, 1.807) is 12.1 Å². The Morgan fingerprint density at radius 1 is 0.967 bits per heavy atom. The maximum atomic E-state index is 13.4. The van der Waals surface area contributed by atoms with Crippen molar-refractivity contribution in [3.8, 4) is 5.75 Å². The van der Waals surface area contributed by atoms with Gasteiger partial charge in [0.15, 0.2) is 6.10 Å². The molecule has 1 amide bonds. The Kier molecular flexibility index (Phi) is 5.68. The van der Waals surface area contributed by atoms with E-state index in [1.807, 2.05) is 30.3 Å². The molecule has 154 valence electrons. The number of aliphatic hydroxyl groups is 1. The van der Waals surface area contributed by atoms with Gasteiger partial charge in [-0.3, -0.25) is 4.90 Å². The van der Waals surface area contributed by atoms with Crippen molar-refractivity contribution in [1.29, 1.82) is 0 Å². The molecular weight excluding hydrogens is 385 g/mol. The van der Waals surface area contributed by atoms with E-state index in [-0.39, 0.29) is 5.75 Å². The van der Waals surface area contributed by atoms with Crippen LogP contribution in [-0.4, -0.2) is 28.5 Å². The van der Waals surface area contributed by atoms with Crippen molar-refractivity contribution in [2.24, 2.45) is 0 Å². The Hall–Kier alpha value is -3.38. The van der Waals surface area contributed by atoms with Crippen molar-refractivity contribution in [3.05, 3.63) is 95.8 Å². The second-order valence-electron chi connectivity index (χ2n) is 7.32. The number of nitrogens with zero attached hydrogens (tertiary/aromatic N) is 1. The highest BCUT2D eigenvalue weighted by molar-refractivity contribution is 5.91. The van der Waals surface area contributed by atoms with Crippen molar-refractivity contribution in [2.75, 3.05) is 4.90 Å². The molecule has 0 bridgehead atoms. The molecule has 0 aliphatic carbocycles. The maximum absolute atomic E-state index is 13.4. The zero-order valence-corrected chi connectivity index (χ0v) is 16.2. The number of amides is 1. The van der Waals surface area contributed by atoms with E-state index in [0.717, 1.165) is 5.56 Å². The third kappa shape index (κ3) is 4.14. The molecule has 30 heavy (non-hydrogen) atoms. The van der Waals surface area contributed by atoms with Crippen molar-refractivity contribution >= 4 is 11.8 Å². The van der Waals surface area contributed by atoms with E-state index in [0.29, 0.717) is 24.1 Å². The normalized spacial score (nSPS) is 19.5. The lowest BCUT2D eigenvalue weighted by molar-refractivity contribution is 0.0146. The van der Waals surface area contributed by atoms with E-state index in [4.69, 9.17) is 4.74 Å². The molecule has 1 aliphatic heterocycles. The molecule has 6 heteroatoms. The van der Waals surface area contributed by atoms with E-state index < -0.39 is 30.2 Å². The van der Waals surface area contributed by atoms with Gasteiger partial charge in [-0.25, -0.2) is 9.18 Å². The van der Waals surface area contributed by atoms with Gasteiger partial charge in [0.25, 0.3) is 0 Å². The fourth-order valence-corrected chi connectivity index (χ4v) is 3.79. The number of hydrogen-bond acceptors (Lipinski definition) is 4. The van der Waals surface area contributed by atoms with Crippen LogP contribution in [0.2, 0.25) is 0 Å². The predicted octanol–water partition coefficient (Wildman–Crippen LogP) is 4.59. The summed E-state index contributed by atoms with van der Waals surface area (Å²) in [6, 6.07) is 21.1. The predicted molar refractivity (Wildman–Crippen MR) is 111 cm³/mol. The molecule has 5 nitrogen and oxygen atoms in total. The van der Waals surface area contributed by atoms with Crippen LogP contribution in [0.3, 0.4) is 0 Å². The number of rotatable bonds is 6. The SMILES string of the molecule is O=C1O[C@H]([C@@H](O)CCc2ccccc2)[C@@H](c2ccc(O)cc2)N1c1ccc(F)cc1. The van der Waals surface area contributed by atoms with E-state index in [2.05, 4.69) is 0 Å². The van der Waals surface area contributed by atoms with Gasteiger partial charge in [0.2, 0.25) is 0 Å². The van der Waals surface area contributed by atoms with Crippen molar-refractivity contribution in [1.82, 2.24) is 0 Å². The number of aryl methyl sites for hydroxylation is 1. The lowest BCUT2D eigenvalue weighted by Gasteiger charge is -2.27. The number of ether oxygens (including phenoxy) is 1. The number of cyclic esters (lactones) is 1. The number of phenolic OH excluding ortho intramolecular Hbond substituents is 1. The summed E-state index contributed by atoms with van der Waals surface area (Å²) in [4.78, 5) is 14.2. The number of aliphatic hydroxyl groups excluding tert-OH is 1. The molecule has 0 saturated carbocycles. The number of carbonyl (C=O) groups excluding carboxylic acids is 1. The summed E-state index contributed by atoms with van der Waals surface area (Å²) < 4.78 is 19.0. The molecule has 0 radical (unpaired) electrons. The van der Waals surface area contributed by atoms with E-state index in [1.165, 1.54) is 41.3 Å². The largest absolute Gasteiger partial charge is 0.508 e. The first-order valence-corrected chi connectivity index (χ1v) is 9.79. The van der Waals surface area contributed by atoms with Gasteiger partial charge < -0.3 is 14.9 Å². The van der Waals surface area contributed by atoms with Crippen LogP contribution in [0, 0.1) is 5.82 Å². The number of benzene rings is 3. The second-order valence-corrected chi connectivity index (χ2v) is 7.32. The Labute approximate surface area is 174 Å². The molecule has 2 N–H and O–H groups in total. The van der Waals surface area contributed by atoms with Gasteiger partial charge in [0.1, 0.15) is 17.6 Å². The lowest BCUT2D eigenvalue weighted by Crippen LogP contribution is -2.35. The first-order chi connectivity index (χ1) is 14.5. The Balaban J connectivity index is 1.63. The summed E-state index contributed by atoms with van der Waals surface area (Å²) in [5, 5.41) is 20.6. The van der Waals surface area contributed by atoms with Crippen LogP contribution >= 0.6 is 0 Å². The van der Waals surface area contributed by atoms with Crippen LogP contribution in [0.5, 0.6) is 5.75 Å². The smallest absolute Gasteiger partial charge is 0.415 e. The highest BCUT2D eigenvalue weighted by Gasteiger charge is 2.46. The molecule has 0 spiro atoms. The quantitative estimate of drug-likeness (QED) is 0.627. The van der Waals surface area contributed by atoms with Crippen LogP contribution < -0.4 is 4.90 Å². The van der Waals surface area contributed by atoms with Crippen LogP contribution in [0.1, 0.15) is 23.6 Å². The average Bonchev–Trinajstić information content (AvgIpc) is 3.11. The highest BCUT2D eigenvalue weighted by atomic mass is 19.1. The molecule has 4 rings (SSSR count).